The zero-order valence-electron chi connectivity index (χ0n) is 17.4. The van der Waals surface area contributed by atoms with Crippen LogP contribution < -0.4 is 4.90 Å². The number of aromatic nitrogens is 1. The molecule has 0 amide bonds. The van der Waals surface area contributed by atoms with Crippen molar-refractivity contribution in [3.8, 4) is 0 Å². The predicted octanol–water partition coefficient (Wildman–Crippen LogP) is 3.03. The van der Waals surface area contributed by atoms with E-state index in [1.165, 1.54) is 29.5 Å². The van der Waals surface area contributed by atoms with E-state index in [0.29, 0.717) is 6.54 Å². The summed E-state index contributed by atoms with van der Waals surface area (Å²) in [5, 5.41) is 11.4. The van der Waals surface area contributed by atoms with Crippen molar-refractivity contribution < 1.29 is 5.11 Å². The van der Waals surface area contributed by atoms with Crippen LogP contribution in [0.15, 0.2) is 24.3 Å². The molecule has 5 heteroatoms. The highest BCUT2D eigenvalue weighted by Crippen LogP contribution is 2.28. The lowest BCUT2D eigenvalue weighted by atomic mass is 10.1. The number of fused-ring (bicyclic) bond motifs is 1. The molecular formula is C23H34N4O. The highest BCUT2D eigenvalue weighted by atomic mass is 16.3. The van der Waals surface area contributed by atoms with Gasteiger partial charge in [-0.3, -0.25) is 4.90 Å². The maximum Gasteiger partial charge on any atom is 0.133 e. The molecule has 1 N–H and O–H groups in total. The number of anilines is 1. The van der Waals surface area contributed by atoms with Gasteiger partial charge in [-0.15, -0.1) is 0 Å². The highest BCUT2D eigenvalue weighted by molar-refractivity contribution is 5.82. The molecule has 1 aromatic heterocycles. The van der Waals surface area contributed by atoms with Gasteiger partial charge in [0, 0.05) is 43.7 Å². The van der Waals surface area contributed by atoms with Gasteiger partial charge >= 0.3 is 0 Å². The normalized spacial score (nSPS) is 22.5. The summed E-state index contributed by atoms with van der Waals surface area (Å²) in [6.45, 7) is 12.8. The number of hydrogen-bond donors (Lipinski definition) is 1. The first-order valence-electron chi connectivity index (χ1n) is 10.9. The molecule has 0 aliphatic carbocycles. The van der Waals surface area contributed by atoms with Gasteiger partial charge < -0.3 is 14.9 Å². The van der Waals surface area contributed by atoms with Crippen molar-refractivity contribution >= 4 is 16.7 Å². The molecule has 152 valence electrons. The number of β-amino-alcohol motifs (C(OH)–C–C–N with tert-alkyl or cyclic N) is 1. The maximum atomic E-state index is 10.2. The van der Waals surface area contributed by atoms with Crippen molar-refractivity contribution in [1.29, 1.82) is 0 Å². The largest absolute Gasteiger partial charge is 0.391 e. The smallest absolute Gasteiger partial charge is 0.133 e. The van der Waals surface area contributed by atoms with E-state index in [1.54, 1.807) is 0 Å². The molecule has 0 unspecified atom stereocenters. The Morgan fingerprint density at radius 1 is 1.04 bits per heavy atom. The molecule has 3 heterocycles. The number of likely N-dealkylation sites (N-methyl/N-ethyl adjacent to an activating group) is 1. The number of hydrogen-bond acceptors (Lipinski definition) is 5. The fraction of sp³-hybridized carbons (Fsp3) is 0.609. The molecule has 2 aliphatic heterocycles. The molecular weight excluding hydrogens is 348 g/mol. The zero-order chi connectivity index (χ0) is 19.5. The standard InChI is InChI=1S/C23H34N4O/c1-3-25-9-5-10-26(13-12-25)16-20-15-19-14-18(2)7-8-22(19)24-23(20)27-11-4-6-21(28)17-27/h7-8,14-15,21,28H,3-6,9-13,16-17H2,1-2H3/t21-/m0/s1. The molecule has 0 saturated carbocycles. The van der Waals surface area contributed by atoms with Gasteiger partial charge in [0.1, 0.15) is 5.82 Å². The average Bonchev–Trinajstić information content (AvgIpc) is 2.92. The topological polar surface area (TPSA) is 42.8 Å². The maximum absolute atomic E-state index is 10.2. The third-order valence-electron chi connectivity index (χ3n) is 6.24. The Labute approximate surface area is 169 Å². The van der Waals surface area contributed by atoms with Crippen molar-refractivity contribution in [1.82, 2.24) is 14.8 Å². The lowest BCUT2D eigenvalue weighted by Gasteiger charge is -2.33. The van der Waals surface area contributed by atoms with E-state index in [1.807, 2.05) is 0 Å². The van der Waals surface area contributed by atoms with Gasteiger partial charge in [0.15, 0.2) is 0 Å². The summed E-state index contributed by atoms with van der Waals surface area (Å²) >= 11 is 0. The van der Waals surface area contributed by atoms with Gasteiger partial charge in [0.05, 0.1) is 11.6 Å². The Morgan fingerprint density at radius 2 is 1.86 bits per heavy atom. The van der Waals surface area contributed by atoms with Gasteiger partial charge in [-0.05, 0) is 64.0 Å². The average molecular weight is 383 g/mol. The van der Waals surface area contributed by atoms with E-state index in [0.717, 1.165) is 63.4 Å². The lowest BCUT2D eigenvalue weighted by Crippen LogP contribution is -2.39. The minimum absolute atomic E-state index is 0.242. The summed E-state index contributed by atoms with van der Waals surface area (Å²) in [6, 6.07) is 8.84. The van der Waals surface area contributed by atoms with Crippen LogP contribution in [-0.2, 0) is 6.54 Å². The third kappa shape index (κ3) is 4.48. The molecule has 0 radical (unpaired) electrons. The van der Waals surface area contributed by atoms with E-state index in [9.17, 15) is 5.11 Å². The molecule has 0 spiro atoms. The Morgan fingerprint density at radius 3 is 2.68 bits per heavy atom. The third-order valence-corrected chi connectivity index (χ3v) is 6.24. The first kappa shape index (κ1) is 19.6. The number of piperidine rings is 1. The minimum Gasteiger partial charge on any atom is -0.391 e. The molecule has 1 aromatic carbocycles. The quantitative estimate of drug-likeness (QED) is 0.880. The van der Waals surface area contributed by atoms with Crippen molar-refractivity contribution in [3.05, 3.63) is 35.4 Å². The first-order valence-corrected chi connectivity index (χ1v) is 10.9. The zero-order valence-corrected chi connectivity index (χ0v) is 17.4. The van der Waals surface area contributed by atoms with E-state index >= 15 is 0 Å². The number of pyridine rings is 1. The van der Waals surface area contributed by atoms with Crippen LogP contribution in [0, 0.1) is 6.92 Å². The Bertz CT molecular complexity index is 809. The van der Waals surface area contributed by atoms with Crippen LogP contribution in [0.25, 0.3) is 10.9 Å². The van der Waals surface area contributed by atoms with Crippen LogP contribution in [0.1, 0.15) is 37.3 Å². The fourth-order valence-electron chi connectivity index (χ4n) is 4.61. The van der Waals surface area contributed by atoms with E-state index in [4.69, 9.17) is 4.98 Å². The van der Waals surface area contributed by atoms with E-state index in [2.05, 4.69) is 52.8 Å². The Kier molecular flexibility index (Phi) is 6.14. The lowest BCUT2D eigenvalue weighted by molar-refractivity contribution is 0.153. The summed E-state index contributed by atoms with van der Waals surface area (Å²) in [6.07, 6.45) is 2.92. The molecule has 2 saturated heterocycles. The molecule has 2 fully saturated rings. The summed E-state index contributed by atoms with van der Waals surface area (Å²) < 4.78 is 0. The van der Waals surface area contributed by atoms with Crippen molar-refractivity contribution in [2.45, 2.75) is 45.8 Å². The van der Waals surface area contributed by atoms with Crippen LogP contribution in [0.5, 0.6) is 0 Å². The number of rotatable bonds is 4. The van der Waals surface area contributed by atoms with Gasteiger partial charge in [-0.25, -0.2) is 4.98 Å². The van der Waals surface area contributed by atoms with Gasteiger partial charge in [0.2, 0.25) is 0 Å². The van der Waals surface area contributed by atoms with Crippen LogP contribution in [0.4, 0.5) is 5.82 Å². The molecule has 2 aromatic rings. The monoisotopic (exact) mass is 382 g/mol. The fourth-order valence-corrected chi connectivity index (χ4v) is 4.61. The summed E-state index contributed by atoms with van der Waals surface area (Å²) in [4.78, 5) is 12.5. The number of nitrogens with zero attached hydrogens (tertiary/aromatic N) is 4. The highest BCUT2D eigenvalue weighted by Gasteiger charge is 2.23. The SMILES string of the molecule is CCN1CCCN(Cc2cc3cc(C)ccc3nc2N2CCC[C@H](O)C2)CC1. The van der Waals surface area contributed by atoms with E-state index in [-0.39, 0.29) is 6.10 Å². The van der Waals surface area contributed by atoms with Gasteiger partial charge in [-0.2, -0.15) is 0 Å². The van der Waals surface area contributed by atoms with Crippen LogP contribution in [-0.4, -0.2) is 71.8 Å². The molecule has 2 aliphatic rings. The molecule has 28 heavy (non-hydrogen) atoms. The van der Waals surface area contributed by atoms with E-state index < -0.39 is 0 Å². The first-order chi connectivity index (χ1) is 13.6. The summed E-state index contributed by atoms with van der Waals surface area (Å²) in [7, 11) is 0. The predicted molar refractivity (Wildman–Crippen MR) is 116 cm³/mol. The second-order valence-corrected chi connectivity index (χ2v) is 8.47. The van der Waals surface area contributed by atoms with Gasteiger partial charge in [0.25, 0.3) is 0 Å². The number of benzene rings is 1. The second kappa shape index (κ2) is 8.76. The minimum atomic E-state index is -0.242. The van der Waals surface area contributed by atoms with Crippen molar-refractivity contribution in [2.24, 2.45) is 0 Å². The van der Waals surface area contributed by atoms with Crippen LogP contribution in [0.3, 0.4) is 0 Å². The molecule has 4 rings (SSSR count). The van der Waals surface area contributed by atoms with Crippen molar-refractivity contribution in [2.75, 3.05) is 50.7 Å². The Balaban J connectivity index is 1.65. The molecule has 1 atom stereocenters. The summed E-state index contributed by atoms with van der Waals surface area (Å²) in [5.41, 5.74) is 3.63. The van der Waals surface area contributed by atoms with Crippen molar-refractivity contribution in [3.63, 3.8) is 0 Å². The van der Waals surface area contributed by atoms with Gasteiger partial charge in [-0.1, -0.05) is 18.6 Å². The Hall–Kier alpha value is -1.69. The molecule has 5 nitrogen and oxygen atoms in total. The number of aryl methyl sites for hydroxylation is 1. The number of aliphatic hydroxyl groups excluding tert-OH is 1. The second-order valence-electron chi connectivity index (χ2n) is 8.47. The van der Waals surface area contributed by atoms with Crippen LogP contribution in [0.2, 0.25) is 0 Å². The number of aliphatic hydroxyl groups is 1. The molecule has 0 bridgehead atoms. The van der Waals surface area contributed by atoms with Crippen LogP contribution >= 0.6 is 0 Å². The summed E-state index contributed by atoms with van der Waals surface area (Å²) in [5.74, 6) is 1.08.